The van der Waals surface area contributed by atoms with Gasteiger partial charge in [0.2, 0.25) is 0 Å². The molecule has 1 amide bonds. The zero-order chi connectivity index (χ0) is 21.9. The molecular formula is C21H26N2O5S. The average molecular weight is 419 g/mol. The summed E-state index contributed by atoms with van der Waals surface area (Å²) in [6.07, 6.45) is -0.169. The third-order valence-corrected chi connectivity index (χ3v) is 6.88. The van der Waals surface area contributed by atoms with Gasteiger partial charge in [-0.1, -0.05) is 0 Å². The number of carboxylic acids is 1. The van der Waals surface area contributed by atoms with E-state index in [0.29, 0.717) is 22.4 Å². The van der Waals surface area contributed by atoms with E-state index in [1.54, 1.807) is 13.8 Å². The Bertz CT molecular complexity index is 1030. The molecule has 8 heteroatoms. The van der Waals surface area contributed by atoms with E-state index in [0.717, 1.165) is 16.7 Å². The summed E-state index contributed by atoms with van der Waals surface area (Å²) < 4.78 is 28.7. The van der Waals surface area contributed by atoms with Crippen molar-refractivity contribution in [1.82, 2.24) is 5.32 Å². The Morgan fingerprint density at radius 1 is 0.862 bits per heavy atom. The Morgan fingerprint density at radius 2 is 1.34 bits per heavy atom. The number of carboxylic acid groups (broad SMARTS) is 1. The lowest BCUT2D eigenvalue weighted by Crippen LogP contribution is -2.26. The molecule has 156 valence electrons. The third kappa shape index (κ3) is 4.95. The maximum absolute atomic E-state index is 13.0. The average Bonchev–Trinajstić information content (AvgIpc) is 2.64. The molecule has 0 unspecified atom stereocenters. The lowest BCUT2D eigenvalue weighted by molar-refractivity contribution is -0.136. The minimum Gasteiger partial charge on any atom is -0.481 e. The lowest BCUT2D eigenvalue weighted by atomic mass is 9.95. The highest BCUT2D eigenvalue weighted by Gasteiger charge is 2.23. The topological polar surface area (TPSA) is 113 Å². The van der Waals surface area contributed by atoms with Crippen LogP contribution < -0.4 is 10.0 Å². The second-order valence-corrected chi connectivity index (χ2v) is 8.66. The van der Waals surface area contributed by atoms with Crippen molar-refractivity contribution in [2.45, 2.75) is 45.9 Å². The van der Waals surface area contributed by atoms with Gasteiger partial charge in [0.25, 0.3) is 15.9 Å². The number of hydrogen-bond donors (Lipinski definition) is 3. The van der Waals surface area contributed by atoms with Gasteiger partial charge in [-0.15, -0.1) is 0 Å². The molecule has 0 aliphatic carbocycles. The number of amides is 1. The SMILES string of the molecule is Cc1c(C)c(C)c(S(=O)(=O)Nc2ccc(C(=O)NCCC(=O)O)cc2)c(C)c1C. The van der Waals surface area contributed by atoms with Crippen LogP contribution in [0.2, 0.25) is 0 Å². The first-order valence-electron chi connectivity index (χ1n) is 9.15. The molecule has 0 radical (unpaired) electrons. The fraction of sp³-hybridized carbons (Fsp3) is 0.333. The summed E-state index contributed by atoms with van der Waals surface area (Å²) in [6.45, 7) is 9.42. The second kappa shape index (κ2) is 8.65. The first-order valence-corrected chi connectivity index (χ1v) is 10.6. The van der Waals surface area contributed by atoms with Crippen molar-refractivity contribution < 1.29 is 23.1 Å². The van der Waals surface area contributed by atoms with Gasteiger partial charge in [0.15, 0.2) is 0 Å². The molecule has 0 bridgehead atoms. The van der Waals surface area contributed by atoms with Crippen LogP contribution >= 0.6 is 0 Å². The molecule has 7 nitrogen and oxygen atoms in total. The number of aliphatic carboxylic acids is 1. The minimum atomic E-state index is -3.81. The zero-order valence-corrected chi connectivity index (χ0v) is 18.0. The van der Waals surface area contributed by atoms with Crippen molar-refractivity contribution in [1.29, 1.82) is 0 Å². The van der Waals surface area contributed by atoms with Crippen LogP contribution in [0.1, 0.15) is 44.6 Å². The van der Waals surface area contributed by atoms with E-state index < -0.39 is 21.9 Å². The second-order valence-electron chi connectivity index (χ2n) is 7.04. The predicted molar refractivity (Wildman–Crippen MR) is 112 cm³/mol. The van der Waals surface area contributed by atoms with Crippen LogP contribution in [-0.4, -0.2) is 31.9 Å². The van der Waals surface area contributed by atoms with E-state index in [4.69, 9.17) is 5.11 Å². The van der Waals surface area contributed by atoms with Crippen LogP contribution in [0.3, 0.4) is 0 Å². The van der Waals surface area contributed by atoms with Crippen molar-refractivity contribution in [3.05, 3.63) is 57.6 Å². The molecule has 0 heterocycles. The summed E-state index contributed by atoms with van der Waals surface area (Å²) >= 11 is 0. The summed E-state index contributed by atoms with van der Waals surface area (Å²) in [4.78, 5) is 22.8. The normalized spacial score (nSPS) is 11.2. The molecule has 0 aliphatic heterocycles. The first-order chi connectivity index (χ1) is 13.5. The smallest absolute Gasteiger partial charge is 0.305 e. The Hall–Kier alpha value is -2.87. The van der Waals surface area contributed by atoms with Crippen LogP contribution in [0, 0.1) is 34.6 Å². The molecule has 0 saturated heterocycles. The highest BCUT2D eigenvalue weighted by atomic mass is 32.2. The summed E-state index contributed by atoms with van der Waals surface area (Å²) in [7, 11) is -3.81. The molecule has 2 rings (SSSR count). The van der Waals surface area contributed by atoms with Gasteiger partial charge in [0.1, 0.15) is 0 Å². The minimum absolute atomic E-state index is 0.0211. The maximum atomic E-state index is 13.0. The van der Waals surface area contributed by atoms with E-state index in [2.05, 4.69) is 10.0 Å². The number of carbonyl (C=O) groups excluding carboxylic acids is 1. The van der Waals surface area contributed by atoms with Crippen LogP contribution in [0.25, 0.3) is 0 Å². The van der Waals surface area contributed by atoms with E-state index in [-0.39, 0.29) is 17.9 Å². The quantitative estimate of drug-likeness (QED) is 0.639. The Morgan fingerprint density at radius 3 is 1.83 bits per heavy atom. The van der Waals surface area contributed by atoms with Crippen molar-refractivity contribution in [2.24, 2.45) is 0 Å². The number of rotatable bonds is 7. The molecule has 0 atom stereocenters. The molecule has 0 saturated carbocycles. The monoisotopic (exact) mass is 418 g/mol. The zero-order valence-electron chi connectivity index (χ0n) is 17.2. The number of hydrogen-bond acceptors (Lipinski definition) is 4. The van der Waals surface area contributed by atoms with Gasteiger partial charge >= 0.3 is 5.97 Å². The molecule has 3 N–H and O–H groups in total. The third-order valence-electron chi connectivity index (χ3n) is 5.22. The Labute approximate surface area is 171 Å². The summed E-state index contributed by atoms with van der Waals surface area (Å²) in [6, 6.07) is 5.98. The number of sulfonamides is 1. The van der Waals surface area contributed by atoms with Crippen LogP contribution in [0.4, 0.5) is 5.69 Å². The summed E-state index contributed by atoms with van der Waals surface area (Å²) in [5.41, 5.74) is 5.05. The summed E-state index contributed by atoms with van der Waals surface area (Å²) in [5.74, 6) is -1.42. The van der Waals surface area contributed by atoms with E-state index >= 15 is 0 Å². The van der Waals surface area contributed by atoms with Crippen LogP contribution in [0.5, 0.6) is 0 Å². The molecule has 0 aromatic heterocycles. The van der Waals surface area contributed by atoms with Crippen LogP contribution in [-0.2, 0) is 14.8 Å². The van der Waals surface area contributed by atoms with Gasteiger partial charge in [-0.05, 0) is 86.7 Å². The van der Waals surface area contributed by atoms with Gasteiger partial charge in [-0.2, -0.15) is 0 Å². The van der Waals surface area contributed by atoms with Gasteiger partial charge < -0.3 is 10.4 Å². The predicted octanol–water partition coefficient (Wildman–Crippen LogP) is 3.23. The molecule has 2 aromatic carbocycles. The molecule has 0 spiro atoms. The lowest BCUT2D eigenvalue weighted by Gasteiger charge is -2.19. The Kier molecular flexibility index (Phi) is 6.69. The largest absolute Gasteiger partial charge is 0.481 e. The van der Waals surface area contributed by atoms with Crippen molar-refractivity contribution >= 4 is 27.6 Å². The standard InChI is InChI=1S/C21H26N2O5S/c1-12-13(2)15(4)20(16(5)14(12)3)29(27,28)23-18-8-6-17(7-9-18)21(26)22-11-10-19(24)25/h6-9,23H,10-11H2,1-5H3,(H,22,26)(H,24,25). The van der Waals surface area contributed by atoms with Gasteiger partial charge in [-0.3, -0.25) is 14.3 Å². The maximum Gasteiger partial charge on any atom is 0.305 e. The molecule has 29 heavy (non-hydrogen) atoms. The van der Waals surface area contributed by atoms with E-state index in [1.807, 2.05) is 20.8 Å². The van der Waals surface area contributed by atoms with Gasteiger partial charge in [0, 0.05) is 17.8 Å². The van der Waals surface area contributed by atoms with Gasteiger partial charge in [0.05, 0.1) is 11.3 Å². The number of nitrogens with one attached hydrogen (secondary N) is 2. The fourth-order valence-electron chi connectivity index (χ4n) is 3.15. The fourth-order valence-corrected chi connectivity index (χ4v) is 4.81. The Balaban J connectivity index is 2.24. The molecule has 0 fully saturated rings. The number of anilines is 1. The number of benzene rings is 2. The number of carbonyl (C=O) groups is 2. The van der Waals surface area contributed by atoms with Gasteiger partial charge in [-0.25, -0.2) is 8.42 Å². The van der Waals surface area contributed by atoms with E-state index in [9.17, 15) is 18.0 Å². The highest BCUT2D eigenvalue weighted by Crippen LogP contribution is 2.30. The summed E-state index contributed by atoms with van der Waals surface area (Å²) in [5, 5.41) is 11.1. The molecular weight excluding hydrogens is 392 g/mol. The van der Waals surface area contributed by atoms with Crippen molar-refractivity contribution in [3.8, 4) is 0 Å². The first kappa shape index (κ1) is 22.4. The van der Waals surface area contributed by atoms with Crippen molar-refractivity contribution in [2.75, 3.05) is 11.3 Å². The molecule has 2 aromatic rings. The van der Waals surface area contributed by atoms with Crippen molar-refractivity contribution in [3.63, 3.8) is 0 Å². The highest BCUT2D eigenvalue weighted by molar-refractivity contribution is 7.92. The van der Waals surface area contributed by atoms with Crippen LogP contribution in [0.15, 0.2) is 29.2 Å². The van der Waals surface area contributed by atoms with E-state index in [1.165, 1.54) is 24.3 Å². The molecule has 0 aliphatic rings.